The molecule has 0 saturated carbocycles. The molecular weight excluding hydrogens is 234 g/mol. The van der Waals surface area contributed by atoms with E-state index in [1.165, 1.54) is 0 Å². The van der Waals surface area contributed by atoms with Crippen molar-refractivity contribution < 1.29 is 0 Å². The fourth-order valence-electron chi connectivity index (χ4n) is 1.58. The van der Waals surface area contributed by atoms with E-state index in [9.17, 15) is 0 Å². The van der Waals surface area contributed by atoms with Gasteiger partial charge in [-0.15, -0.1) is 11.3 Å². The average molecular weight is 251 g/mol. The van der Waals surface area contributed by atoms with Crippen LogP contribution in [0, 0.1) is 6.92 Å². The van der Waals surface area contributed by atoms with Crippen molar-refractivity contribution in [1.82, 2.24) is 19.9 Å². The third-order valence-electron chi connectivity index (χ3n) is 2.35. The Labute approximate surface area is 105 Å². The molecule has 92 valence electrons. The van der Waals surface area contributed by atoms with Crippen LogP contribution in [0.3, 0.4) is 0 Å². The van der Waals surface area contributed by atoms with Crippen LogP contribution >= 0.6 is 11.3 Å². The molecule has 2 aromatic rings. The van der Waals surface area contributed by atoms with Gasteiger partial charge < -0.3 is 15.6 Å². The molecule has 6 heteroatoms. The fraction of sp³-hybridized carbons (Fsp3) is 0.455. The molecule has 0 aliphatic rings. The van der Waals surface area contributed by atoms with E-state index in [0.29, 0.717) is 6.54 Å². The van der Waals surface area contributed by atoms with Gasteiger partial charge in [-0.3, -0.25) is 0 Å². The smallest absolute Gasteiger partial charge is 0.0950 e. The van der Waals surface area contributed by atoms with Crippen molar-refractivity contribution in [2.75, 3.05) is 6.54 Å². The zero-order valence-electron chi connectivity index (χ0n) is 9.89. The monoisotopic (exact) mass is 251 g/mol. The molecule has 3 N–H and O–H groups in total. The quantitative estimate of drug-likeness (QED) is 0.800. The summed E-state index contributed by atoms with van der Waals surface area (Å²) >= 11 is 1.68. The first kappa shape index (κ1) is 12.2. The van der Waals surface area contributed by atoms with Crippen LogP contribution in [0.5, 0.6) is 0 Å². The maximum atomic E-state index is 5.48. The lowest BCUT2D eigenvalue weighted by molar-refractivity contribution is 0.668. The van der Waals surface area contributed by atoms with Gasteiger partial charge in [0.15, 0.2) is 0 Å². The van der Waals surface area contributed by atoms with E-state index < -0.39 is 0 Å². The molecule has 2 rings (SSSR count). The Bertz CT molecular complexity index is 462. The van der Waals surface area contributed by atoms with Crippen molar-refractivity contribution in [1.29, 1.82) is 0 Å². The van der Waals surface area contributed by atoms with Gasteiger partial charge in [-0.05, 0) is 6.92 Å². The summed E-state index contributed by atoms with van der Waals surface area (Å²) in [6, 6.07) is 0. The number of thiazole rings is 1. The van der Waals surface area contributed by atoms with Crippen LogP contribution < -0.4 is 11.1 Å². The lowest BCUT2D eigenvalue weighted by Crippen LogP contribution is -2.13. The first-order valence-corrected chi connectivity index (χ1v) is 6.48. The van der Waals surface area contributed by atoms with Crippen molar-refractivity contribution in [2.24, 2.45) is 5.73 Å². The molecule has 0 fully saturated rings. The maximum absolute atomic E-state index is 5.48. The number of aryl methyl sites for hydroxylation is 1. The minimum absolute atomic E-state index is 0.640. The summed E-state index contributed by atoms with van der Waals surface area (Å²) in [5.41, 5.74) is 7.60. The first-order chi connectivity index (χ1) is 8.28. The van der Waals surface area contributed by atoms with Gasteiger partial charge >= 0.3 is 0 Å². The summed E-state index contributed by atoms with van der Waals surface area (Å²) in [6.45, 7) is 5.02. The van der Waals surface area contributed by atoms with E-state index in [1.807, 2.05) is 24.0 Å². The van der Waals surface area contributed by atoms with Crippen molar-refractivity contribution in [3.63, 3.8) is 0 Å². The summed E-state index contributed by atoms with van der Waals surface area (Å²) in [6.07, 6.45) is 3.84. The topological polar surface area (TPSA) is 68.8 Å². The number of nitrogens with two attached hydrogens (primary N) is 1. The highest BCUT2D eigenvalue weighted by atomic mass is 32.1. The third kappa shape index (κ3) is 3.62. The minimum Gasteiger partial charge on any atom is -0.336 e. The lowest BCUT2D eigenvalue weighted by Gasteiger charge is -1.99. The molecule has 0 saturated heterocycles. The second kappa shape index (κ2) is 5.90. The molecule has 2 heterocycles. The first-order valence-electron chi connectivity index (χ1n) is 5.60. The van der Waals surface area contributed by atoms with Crippen LogP contribution in [0.25, 0.3) is 0 Å². The Morgan fingerprint density at radius 1 is 1.41 bits per heavy atom. The van der Waals surface area contributed by atoms with Gasteiger partial charge in [-0.25, -0.2) is 9.97 Å². The molecule has 0 aliphatic heterocycles. The van der Waals surface area contributed by atoms with Crippen LogP contribution in [0.1, 0.15) is 16.4 Å². The Morgan fingerprint density at radius 3 is 2.94 bits per heavy atom. The summed E-state index contributed by atoms with van der Waals surface area (Å²) in [4.78, 5) is 8.69. The molecule has 0 aliphatic carbocycles. The summed E-state index contributed by atoms with van der Waals surface area (Å²) in [5.74, 6) is 0. The van der Waals surface area contributed by atoms with E-state index in [2.05, 4.69) is 20.7 Å². The molecule has 0 unspecified atom stereocenters. The largest absolute Gasteiger partial charge is 0.336 e. The van der Waals surface area contributed by atoms with Crippen LogP contribution in [-0.4, -0.2) is 21.1 Å². The molecular formula is C11H17N5S. The Kier molecular flexibility index (Phi) is 4.24. The molecule has 0 radical (unpaired) electrons. The number of nitrogens with one attached hydrogen (secondary N) is 1. The van der Waals surface area contributed by atoms with E-state index in [-0.39, 0.29) is 0 Å². The van der Waals surface area contributed by atoms with E-state index >= 15 is 0 Å². The normalized spacial score (nSPS) is 10.9. The number of nitrogens with zero attached hydrogens (tertiary/aromatic N) is 3. The predicted molar refractivity (Wildman–Crippen MR) is 68.7 cm³/mol. The molecule has 2 aromatic heterocycles. The van der Waals surface area contributed by atoms with Gasteiger partial charge in [0, 0.05) is 37.8 Å². The van der Waals surface area contributed by atoms with Crippen LogP contribution in [0.2, 0.25) is 0 Å². The van der Waals surface area contributed by atoms with Crippen molar-refractivity contribution in [3.8, 4) is 0 Å². The summed E-state index contributed by atoms with van der Waals surface area (Å²) < 4.78 is 2.00. The molecule has 0 spiro atoms. The Hall–Kier alpha value is -1.24. The number of hydrogen-bond acceptors (Lipinski definition) is 5. The fourth-order valence-corrected chi connectivity index (χ4v) is 2.19. The second-order valence-corrected chi connectivity index (χ2v) is 4.92. The number of imidazole rings is 1. The lowest BCUT2D eigenvalue weighted by atomic mass is 10.4. The van der Waals surface area contributed by atoms with Crippen LogP contribution in [0.4, 0.5) is 0 Å². The highest BCUT2D eigenvalue weighted by Crippen LogP contribution is 2.07. The minimum atomic E-state index is 0.640. The van der Waals surface area contributed by atoms with Gasteiger partial charge in [0.1, 0.15) is 0 Å². The highest BCUT2D eigenvalue weighted by Gasteiger charge is 2.00. The van der Waals surface area contributed by atoms with Gasteiger partial charge in [-0.2, -0.15) is 0 Å². The zero-order chi connectivity index (χ0) is 12.1. The molecule has 0 aromatic carbocycles. The average Bonchev–Trinajstić information content (AvgIpc) is 2.89. The molecule has 0 atom stereocenters. The van der Waals surface area contributed by atoms with Crippen molar-refractivity contribution >= 4 is 11.3 Å². The standard InChI is InChI=1S/C11H17N5S/c1-9-15-11(7-17-9)5-13-4-10-6-16(3-2-12)8-14-10/h6-8,13H,2-5,12H2,1H3. The van der Waals surface area contributed by atoms with Gasteiger partial charge in [0.05, 0.1) is 22.7 Å². The predicted octanol–water partition coefficient (Wildman–Crippen LogP) is 0.897. The summed E-state index contributed by atoms with van der Waals surface area (Å²) in [7, 11) is 0. The number of rotatable bonds is 6. The van der Waals surface area contributed by atoms with E-state index in [4.69, 9.17) is 5.73 Å². The molecule has 0 amide bonds. The zero-order valence-corrected chi connectivity index (χ0v) is 10.7. The SMILES string of the molecule is Cc1nc(CNCc2cn(CCN)cn2)cs1. The van der Waals surface area contributed by atoms with Crippen molar-refractivity contribution in [2.45, 2.75) is 26.6 Å². The van der Waals surface area contributed by atoms with Crippen LogP contribution in [-0.2, 0) is 19.6 Å². The molecule has 17 heavy (non-hydrogen) atoms. The number of aromatic nitrogens is 3. The highest BCUT2D eigenvalue weighted by molar-refractivity contribution is 7.09. The van der Waals surface area contributed by atoms with E-state index in [1.54, 1.807) is 11.3 Å². The Balaban J connectivity index is 1.77. The Morgan fingerprint density at radius 2 is 2.24 bits per heavy atom. The number of hydrogen-bond donors (Lipinski definition) is 2. The van der Waals surface area contributed by atoms with Gasteiger partial charge in [0.2, 0.25) is 0 Å². The van der Waals surface area contributed by atoms with Gasteiger partial charge in [-0.1, -0.05) is 0 Å². The maximum Gasteiger partial charge on any atom is 0.0950 e. The van der Waals surface area contributed by atoms with Crippen LogP contribution in [0.15, 0.2) is 17.9 Å². The summed E-state index contributed by atoms with van der Waals surface area (Å²) in [5, 5.41) is 6.51. The second-order valence-electron chi connectivity index (χ2n) is 3.85. The van der Waals surface area contributed by atoms with Gasteiger partial charge in [0.25, 0.3) is 0 Å². The van der Waals surface area contributed by atoms with E-state index in [0.717, 1.165) is 36.0 Å². The molecule has 0 bridgehead atoms. The third-order valence-corrected chi connectivity index (χ3v) is 3.18. The van der Waals surface area contributed by atoms with Crippen molar-refractivity contribution in [3.05, 3.63) is 34.3 Å². The molecule has 5 nitrogen and oxygen atoms in total.